The van der Waals surface area contributed by atoms with Crippen LogP contribution in [0.4, 0.5) is 5.82 Å². The van der Waals surface area contributed by atoms with Gasteiger partial charge in [-0.15, -0.1) is 0 Å². The molecule has 1 N–H and O–H groups in total. The van der Waals surface area contributed by atoms with Crippen molar-refractivity contribution < 1.29 is 14.3 Å². The average Bonchev–Trinajstić information content (AvgIpc) is 3.20. The molecule has 2 heterocycles. The number of halogens is 1. The number of aromatic nitrogens is 2. The van der Waals surface area contributed by atoms with E-state index in [2.05, 4.69) is 10.4 Å². The normalized spacial score (nSPS) is 13.1. The molecule has 4 rings (SSSR count). The lowest BCUT2D eigenvalue weighted by atomic mass is 10.1. The van der Waals surface area contributed by atoms with Crippen LogP contribution in [-0.4, -0.2) is 35.2 Å². The molecule has 1 aliphatic rings. The SMILES string of the molecule is COc1ccc(CNC(=O)CN2C(=O)CCn3nc(-c4ccc(Cl)cc4)cc32)cc1. The summed E-state index contributed by atoms with van der Waals surface area (Å²) in [5.74, 6) is 1.05. The van der Waals surface area contributed by atoms with E-state index in [0.29, 0.717) is 30.4 Å². The third-order valence-corrected chi connectivity index (χ3v) is 5.22. The van der Waals surface area contributed by atoms with E-state index in [1.54, 1.807) is 23.9 Å². The molecule has 3 aromatic rings. The van der Waals surface area contributed by atoms with Crippen LogP contribution in [0, 0.1) is 0 Å². The molecule has 154 valence electrons. The van der Waals surface area contributed by atoms with Gasteiger partial charge in [0, 0.05) is 29.6 Å². The molecule has 0 atom stereocenters. The summed E-state index contributed by atoms with van der Waals surface area (Å²) in [5, 5.41) is 8.10. The lowest BCUT2D eigenvalue weighted by Gasteiger charge is -2.26. The molecule has 0 radical (unpaired) electrons. The highest BCUT2D eigenvalue weighted by Crippen LogP contribution is 2.28. The number of hydrogen-bond acceptors (Lipinski definition) is 4. The first-order chi connectivity index (χ1) is 14.5. The number of nitrogens with zero attached hydrogens (tertiary/aromatic N) is 3. The van der Waals surface area contributed by atoms with Gasteiger partial charge in [-0.25, -0.2) is 4.68 Å². The van der Waals surface area contributed by atoms with Crippen LogP contribution in [0.3, 0.4) is 0 Å². The molecule has 1 aliphatic heterocycles. The Balaban J connectivity index is 1.45. The van der Waals surface area contributed by atoms with Gasteiger partial charge in [-0.3, -0.25) is 14.5 Å². The van der Waals surface area contributed by atoms with Crippen LogP contribution in [0.2, 0.25) is 5.02 Å². The van der Waals surface area contributed by atoms with E-state index in [9.17, 15) is 9.59 Å². The molecule has 0 bridgehead atoms. The first-order valence-corrected chi connectivity index (χ1v) is 9.95. The van der Waals surface area contributed by atoms with Crippen LogP contribution in [0.15, 0.2) is 54.6 Å². The minimum Gasteiger partial charge on any atom is -0.497 e. The van der Waals surface area contributed by atoms with Crippen LogP contribution in [0.5, 0.6) is 5.75 Å². The number of benzene rings is 2. The van der Waals surface area contributed by atoms with Gasteiger partial charge in [0.15, 0.2) is 0 Å². The quantitative estimate of drug-likeness (QED) is 0.659. The minimum absolute atomic E-state index is 0.0548. The Morgan fingerprint density at radius 1 is 1.17 bits per heavy atom. The monoisotopic (exact) mass is 424 g/mol. The zero-order valence-corrected chi connectivity index (χ0v) is 17.2. The van der Waals surface area contributed by atoms with E-state index >= 15 is 0 Å². The van der Waals surface area contributed by atoms with Crippen molar-refractivity contribution in [1.29, 1.82) is 0 Å². The molecule has 0 aliphatic carbocycles. The van der Waals surface area contributed by atoms with Crippen molar-refractivity contribution >= 4 is 29.2 Å². The van der Waals surface area contributed by atoms with E-state index in [1.807, 2.05) is 42.5 Å². The first-order valence-electron chi connectivity index (χ1n) is 9.57. The second-order valence-corrected chi connectivity index (χ2v) is 7.41. The largest absolute Gasteiger partial charge is 0.497 e. The number of rotatable bonds is 6. The summed E-state index contributed by atoms with van der Waals surface area (Å²) in [4.78, 5) is 26.5. The number of carbonyl (C=O) groups excluding carboxylic acids is 2. The summed E-state index contributed by atoms with van der Waals surface area (Å²) >= 11 is 5.96. The molecule has 2 aromatic carbocycles. The van der Waals surface area contributed by atoms with Crippen molar-refractivity contribution in [2.45, 2.75) is 19.5 Å². The number of carbonyl (C=O) groups is 2. The smallest absolute Gasteiger partial charge is 0.240 e. The van der Waals surface area contributed by atoms with Gasteiger partial charge in [-0.05, 0) is 29.8 Å². The van der Waals surface area contributed by atoms with Crippen molar-refractivity contribution in [2.24, 2.45) is 0 Å². The zero-order valence-electron chi connectivity index (χ0n) is 16.5. The maximum atomic E-state index is 12.5. The number of aryl methyl sites for hydroxylation is 1. The van der Waals surface area contributed by atoms with E-state index in [-0.39, 0.29) is 18.4 Å². The van der Waals surface area contributed by atoms with Gasteiger partial charge in [0.05, 0.1) is 19.3 Å². The summed E-state index contributed by atoms with van der Waals surface area (Å²) in [6.45, 7) is 0.812. The molecule has 0 saturated carbocycles. The van der Waals surface area contributed by atoms with Crippen LogP contribution < -0.4 is 15.0 Å². The van der Waals surface area contributed by atoms with E-state index in [4.69, 9.17) is 16.3 Å². The van der Waals surface area contributed by atoms with Gasteiger partial charge in [0.1, 0.15) is 18.1 Å². The van der Waals surface area contributed by atoms with Crippen molar-refractivity contribution in [3.05, 3.63) is 65.2 Å². The number of hydrogen-bond donors (Lipinski definition) is 1. The molecule has 0 fully saturated rings. The van der Waals surface area contributed by atoms with Crippen LogP contribution >= 0.6 is 11.6 Å². The zero-order chi connectivity index (χ0) is 21.1. The lowest BCUT2D eigenvalue weighted by Crippen LogP contribution is -2.44. The predicted molar refractivity (Wildman–Crippen MR) is 114 cm³/mol. The fraction of sp³-hybridized carbons (Fsp3) is 0.227. The average molecular weight is 425 g/mol. The van der Waals surface area contributed by atoms with E-state index in [1.165, 1.54) is 4.90 Å². The predicted octanol–water partition coefficient (Wildman–Crippen LogP) is 3.27. The van der Waals surface area contributed by atoms with Crippen molar-refractivity contribution in [1.82, 2.24) is 15.1 Å². The Morgan fingerprint density at radius 2 is 1.90 bits per heavy atom. The van der Waals surface area contributed by atoms with E-state index < -0.39 is 0 Å². The molecule has 0 spiro atoms. The second-order valence-electron chi connectivity index (χ2n) is 6.97. The van der Waals surface area contributed by atoms with Gasteiger partial charge in [-0.1, -0.05) is 35.9 Å². The van der Waals surface area contributed by atoms with Gasteiger partial charge < -0.3 is 10.1 Å². The molecule has 0 saturated heterocycles. The Kier molecular flexibility index (Phi) is 5.72. The van der Waals surface area contributed by atoms with Gasteiger partial charge in [0.25, 0.3) is 0 Å². The Bertz CT molecular complexity index is 1060. The third-order valence-electron chi connectivity index (χ3n) is 4.96. The summed E-state index contributed by atoms with van der Waals surface area (Å²) < 4.78 is 6.90. The van der Waals surface area contributed by atoms with Crippen molar-refractivity contribution in [3.63, 3.8) is 0 Å². The van der Waals surface area contributed by atoms with Crippen molar-refractivity contribution in [2.75, 3.05) is 18.6 Å². The van der Waals surface area contributed by atoms with Crippen molar-refractivity contribution in [3.8, 4) is 17.0 Å². The summed E-state index contributed by atoms with van der Waals surface area (Å²) in [7, 11) is 1.61. The highest BCUT2D eigenvalue weighted by Gasteiger charge is 2.28. The van der Waals surface area contributed by atoms with Crippen LogP contribution in [-0.2, 0) is 22.7 Å². The third kappa shape index (κ3) is 4.31. The molecule has 7 nitrogen and oxygen atoms in total. The highest BCUT2D eigenvalue weighted by molar-refractivity contribution is 6.30. The fourth-order valence-corrected chi connectivity index (χ4v) is 3.45. The number of fused-ring (bicyclic) bond motifs is 1. The minimum atomic E-state index is -0.234. The summed E-state index contributed by atoms with van der Waals surface area (Å²) in [5.41, 5.74) is 2.59. The molecular weight excluding hydrogens is 404 g/mol. The topological polar surface area (TPSA) is 76.5 Å². The number of nitrogens with one attached hydrogen (secondary N) is 1. The number of ether oxygens (including phenoxy) is 1. The Labute approximate surface area is 179 Å². The maximum absolute atomic E-state index is 12.5. The second kappa shape index (κ2) is 8.59. The van der Waals surface area contributed by atoms with Gasteiger partial charge in [0.2, 0.25) is 11.8 Å². The molecule has 30 heavy (non-hydrogen) atoms. The van der Waals surface area contributed by atoms with Gasteiger partial charge >= 0.3 is 0 Å². The standard InChI is InChI=1S/C22H21ClN4O3/c1-30-18-8-2-15(3-9-18)13-24-20(28)14-26-21-12-19(16-4-6-17(23)7-5-16)25-27(21)11-10-22(26)29/h2-9,12H,10-11,13-14H2,1H3,(H,24,28). The fourth-order valence-electron chi connectivity index (χ4n) is 3.33. The summed E-state index contributed by atoms with van der Waals surface area (Å²) in [6, 6.07) is 16.6. The van der Waals surface area contributed by atoms with E-state index in [0.717, 1.165) is 22.6 Å². The molecule has 0 unspecified atom stereocenters. The van der Waals surface area contributed by atoms with Crippen LogP contribution in [0.25, 0.3) is 11.3 Å². The molecule has 1 aromatic heterocycles. The number of anilines is 1. The first kappa shape index (κ1) is 20.0. The Morgan fingerprint density at radius 3 is 2.60 bits per heavy atom. The Hall–Kier alpha value is -3.32. The maximum Gasteiger partial charge on any atom is 0.240 e. The molecule has 8 heteroatoms. The summed E-state index contributed by atoms with van der Waals surface area (Å²) in [6.07, 6.45) is 0.306. The highest BCUT2D eigenvalue weighted by atomic mass is 35.5. The molecule has 2 amide bonds. The lowest BCUT2D eigenvalue weighted by molar-refractivity contribution is -0.124. The number of methoxy groups -OCH3 is 1. The van der Waals surface area contributed by atoms with Gasteiger partial charge in [-0.2, -0.15) is 5.10 Å². The molecular formula is C22H21ClN4O3. The van der Waals surface area contributed by atoms with Crippen LogP contribution in [0.1, 0.15) is 12.0 Å². The number of amides is 2.